The summed E-state index contributed by atoms with van der Waals surface area (Å²) in [6.07, 6.45) is -1.44. The lowest BCUT2D eigenvalue weighted by molar-refractivity contribution is -0.274. The molecule has 212 valence electrons. The molecule has 8 nitrogen and oxygen atoms in total. The Kier molecular flexibility index (Phi) is 7.12. The van der Waals surface area contributed by atoms with Crippen molar-refractivity contribution in [3.63, 3.8) is 0 Å². The summed E-state index contributed by atoms with van der Waals surface area (Å²) in [4.78, 5) is 19.1. The number of phenolic OH excluding ortho intramolecular Hbond substituents is 1. The van der Waals surface area contributed by atoms with E-state index in [4.69, 9.17) is 4.74 Å². The van der Waals surface area contributed by atoms with Crippen molar-refractivity contribution in [1.82, 2.24) is 4.98 Å². The van der Waals surface area contributed by atoms with Gasteiger partial charge in [0.05, 0.1) is 30.4 Å². The van der Waals surface area contributed by atoms with Crippen molar-refractivity contribution in [3.8, 4) is 28.4 Å². The number of nitrogens with one attached hydrogen (secondary N) is 2. The maximum absolute atomic E-state index is 12.9. The first-order chi connectivity index (χ1) is 19.4. The standard InChI is InChI=1S/C30H27F3N4O4/c1-29(2)17-37(27-25(38)13-12-22(26(27)29)18-14-21(40-3)16-34-15-18)24-7-5-4-6-23(24)36-28(39)35-19-8-10-20(11-9-19)41-30(31,32)33/h4-16,38H,17H2,1-3H3,(H2,35,36,39). The van der Waals surface area contributed by atoms with Crippen molar-refractivity contribution < 1.29 is 32.5 Å². The quantitative estimate of drug-likeness (QED) is 0.225. The van der Waals surface area contributed by atoms with E-state index >= 15 is 0 Å². The molecule has 5 rings (SSSR count). The number of rotatable bonds is 6. The van der Waals surface area contributed by atoms with Crippen molar-refractivity contribution in [2.45, 2.75) is 25.6 Å². The number of alkyl halides is 3. The number of urea groups is 1. The van der Waals surface area contributed by atoms with Crippen molar-refractivity contribution >= 4 is 28.8 Å². The number of nitrogens with zero attached hydrogens (tertiary/aromatic N) is 2. The fourth-order valence-corrected chi connectivity index (χ4v) is 5.06. The second kappa shape index (κ2) is 10.6. The molecule has 0 radical (unpaired) electrons. The molecule has 0 atom stereocenters. The third-order valence-electron chi connectivity index (χ3n) is 6.71. The van der Waals surface area contributed by atoms with E-state index in [-0.39, 0.29) is 11.4 Å². The summed E-state index contributed by atoms with van der Waals surface area (Å²) in [5.74, 6) is 0.304. The minimum Gasteiger partial charge on any atom is -0.506 e. The third-order valence-corrected chi connectivity index (χ3v) is 6.71. The smallest absolute Gasteiger partial charge is 0.506 e. The number of carbonyl (C=O) groups excluding carboxylic acids is 1. The highest BCUT2D eigenvalue weighted by Gasteiger charge is 2.41. The molecule has 0 fully saturated rings. The molecule has 0 unspecified atom stereocenters. The Balaban J connectivity index is 1.44. The first-order valence-corrected chi connectivity index (χ1v) is 12.6. The number of halogens is 3. The molecular formula is C30H27F3N4O4. The summed E-state index contributed by atoms with van der Waals surface area (Å²) in [7, 11) is 1.57. The van der Waals surface area contributed by atoms with Crippen LogP contribution in [0.15, 0.2) is 79.1 Å². The van der Waals surface area contributed by atoms with Gasteiger partial charge in [0, 0.05) is 29.4 Å². The molecular weight excluding hydrogens is 537 g/mol. The SMILES string of the molecule is COc1cncc(-c2ccc(O)c3c2C(C)(C)CN3c2ccccc2NC(=O)Nc2ccc(OC(F)(F)F)cc2)c1. The predicted molar refractivity (Wildman–Crippen MR) is 150 cm³/mol. The second-order valence-electron chi connectivity index (χ2n) is 10.1. The molecule has 0 bridgehead atoms. The van der Waals surface area contributed by atoms with E-state index in [0.29, 0.717) is 29.4 Å². The van der Waals surface area contributed by atoms with E-state index in [9.17, 15) is 23.1 Å². The van der Waals surface area contributed by atoms with Crippen LogP contribution in [0, 0.1) is 0 Å². The molecule has 41 heavy (non-hydrogen) atoms. The molecule has 0 saturated carbocycles. The van der Waals surface area contributed by atoms with Crippen molar-refractivity contribution in [2.75, 3.05) is 29.2 Å². The van der Waals surface area contributed by atoms with E-state index in [1.165, 1.54) is 12.1 Å². The lowest BCUT2D eigenvalue weighted by Gasteiger charge is -2.25. The molecule has 1 aliphatic rings. The van der Waals surface area contributed by atoms with Gasteiger partial charge in [-0.3, -0.25) is 4.98 Å². The second-order valence-corrected chi connectivity index (χ2v) is 10.1. The maximum atomic E-state index is 12.9. The Morgan fingerprint density at radius 2 is 1.73 bits per heavy atom. The van der Waals surface area contributed by atoms with Gasteiger partial charge in [0.25, 0.3) is 0 Å². The monoisotopic (exact) mass is 564 g/mol. The molecule has 3 aromatic carbocycles. The van der Waals surface area contributed by atoms with Crippen LogP contribution in [-0.2, 0) is 5.41 Å². The van der Waals surface area contributed by atoms with E-state index < -0.39 is 23.6 Å². The fraction of sp³-hybridized carbons (Fsp3) is 0.200. The van der Waals surface area contributed by atoms with Crippen molar-refractivity contribution in [1.29, 1.82) is 0 Å². The number of pyridine rings is 1. The molecule has 3 N–H and O–H groups in total. The number of methoxy groups -OCH3 is 1. The molecule has 4 aromatic rings. The van der Waals surface area contributed by atoms with Crippen LogP contribution in [0.1, 0.15) is 19.4 Å². The highest BCUT2D eigenvalue weighted by Crippen LogP contribution is 2.53. The van der Waals surface area contributed by atoms with Crippen LogP contribution in [0.2, 0.25) is 0 Å². The number of hydrogen-bond acceptors (Lipinski definition) is 6. The summed E-state index contributed by atoms with van der Waals surface area (Å²) >= 11 is 0. The van der Waals surface area contributed by atoms with Crippen LogP contribution in [0.25, 0.3) is 11.1 Å². The van der Waals surface area contributed by atoms with Gasteiger partial charge in [0.2, 0.25) is 0 Å². The largest absolute Gasteiger partial charge is 0.573 e. The number of aromatic nitrogens is 1. The Bertz CT molecular complexity index is 1590. The number of aromatic hydroxyl groups is 1. The van der Waals surface area contributed by atoms with E-state index in [1.54, 1.807) is 37.7 Å². The molecule has 0 aliphatic carbocycles. The van der Waals surface area contributed by atoms with Crippen LogP contribution in [0.5, 0.6) is 17.2 Å². The number of fused-ring (bicyclic) bond motifs is 1. The number of benzene rings is 3. The highest BCUT2D eigenvalue weighted by molar-refractivity contribution is 6.03. The zero-order valence-electron chi connectivity index (χ0n) is 22.4. The van der Waals surface area contributed by atoms with Gasteiger partial charge in [-0.1, -0.05) is 32.0 Å². The number of amides is 2. The van der Waals surface area contributed by atoms with E-state index in [0.717, 1.165) is 28.8 Å². The lowest BCUT2D eigenvalue weighted by atomic mass is 9.82. The number of carbonyl (C=O) groups is 1. The summed E-state index contributed by atoms with van der Waals surface area (Å²) < 4.78 is 46.5. The molecule has 2 amide bonds. The first kappa shape index (κ1) is 27.6. The van der Waals surface area contributed by atoms with Crippen LogP contribution in [0.3, 0.4) is 0 Å². The average molecular weight is 565 g/mol. The Labute approximate surface area is 234 Å². The Morgan fingerprint density at radius 3 is 2.44 bits per heavy atom. The van der Waals surface area contributed by atoms with Crippen molar-refractivity contribution in [2.24, 2.45) is 0 Å². The van der Waals surface area contributed by atoms with Gasteiger partial charge in [-0.2, -0.15) is 0 Å². The summed E-state index contributed by atoms with van der Waals surface area (Å²) in [6, 6.07) is 16.8. The highest BCUT2D eigenvalue weighted by atomic mass is 19.4. The molecule has 2 heterocycles. The summed E-state index contributed by atoms with van der Waals surface area (Å²) in [5.41, 5.74) is 4.28. The van der Waals surface area contributed by atoms with Gasteiger partial charge in [-0.25, -0.2) is 4.79 Å². The number of hydrogen-bond donors (Lipinski definition) is 3. The van der Waals surface area contributed by atoms with Gasteiger partial charge in [0.15, 0.2) is 0 Å². The van der Waals surface area contributed by atoms with Gasteiger partial charge < -0.3 is 30.1 Å². The average Bonchev–Trinajstić information content (AvgIpc) is 3.21. The predicted octanol–water partition coefficient (Wildman–Crippen LogP) is 7.43. The Morgan fingerprint density at radius 1 is 1.00 bits per heavy atom. The first-order valence-electron chi connectivity index (χ1n) is 12.6. The molecule has 1 aromatic heterocycles. The van der Waals surface area contributed by atoms with Crippen LogP contribution >= 0.6 is 0 Å². The van der Waals surface area contributed by atoms with Crippen LogP contribution in [-0.4, -0.2) is 36.1 Å². The molecule has 0 saturated heterocycles. The summed E-state index contributed by atoms with van der Waals surface area (Å²) in [5, 5.41) is 16.5. The normalized spacial score (nSPS) is 13.9. The third kappa shape index (κ3) is 5.84. The number of ether oxygens (including phenoxy) is 2. The lowest BCUT2D eigenvalue weighted by Crippen LogP contribution is -2.27. The number of anilines is 4. The van der Waals surface area contributed by atoms with Gasteiger partial charge in [-0.05, 0) is 59.7 Å². The van der Waals surface area contributed by atoms with Crippen LogP contribution < -0.4 is 25.0 Å². The van der Waals surface area contributed by atoms with Gasteiger partial charge in [-0.15, -0.1) is 13.2 Å². The maximum Gasteiger partial charge on any atom is 0.573 e. The fourth-order valence-electron chi connectivity index (χ4n) is 5.06. The zero-order valence-corrected chi connectivity index (χ0v) is 22.4. The van der Waals surface area contributed by atoms with Crippen LogP contribution in [0.4, 0.5) is 40.7 Å². The Hall–Kier alpha value is -4.93. The van der Waals surface area contributed by atoms with Gasteiger partial charge >= 0.3 is 12.4 Å². The minimum atomic E-state index is -4.81. The zero-order chi connectivity index (χ0) is 29.4. The van der Waals surface area contributed by atoms with Gasteiger partial charge in [0.1, 0.15) is 17.2 Å². The van der Waals surface area contributed by atoms with Crippen molar-refractivity contribution in [3.05, 3.63) is 84.7 Å². The minimum absolute atomic E-state index is 0.0885. The summed E-state index contributed by atoms with van der Waals surface area (Å²) in [6.45, 7) is 4.67. The number of para-hydroxylation sites is 2. The molecule has 11 heteroatoms. The molecule has 1 aliphatic heterocycles. The topological polar surface area (TPSA) is 96.0 Å². The molecule has 0 spiro atoms. The van der Waals surface area contributed by atoms with E-state index in [1.807, 2.05) is 29.2 Å². The number of phenols is 1. The van der Waals surface area contributed by atoms with E-state index in [2.05, 4.69) is 34.2 Å².